The zero-order chi connectivity index (χ0) is 11.5. The summed E-state index contributed by atoms with van der Waals surface area (Å²) >= 11 is 0. The van der Waals surface area contributed by atoms with Crippen molar-refractivity contribution in [2.75, 3.05) is 24.3 Å². The van der Waals surface area contributed by atoms with Crippen LogP contribution in [0.3, 0.4) is 0 Å². The van der Waals surface area contributed by atoms with Crippen LogP contribution in [0, 0.1) is 6.92 Å². The fourth-order valence-electron chi connectivity index (χ4n) is 1.14. The van der Waals surface area contributed by atoms with Gasteiger partial charge in [-0.2, -0.15) is 0 Å². The molecule has 84 valence electrons. The van der Waals surface area contributed by atoms with Crippen molar-refractivity contribution < 1.29 is 10.2 Å². The summed E-state index contributed by atoms with van der Waals surface area (Å²) in [6.45, 7) is 3.23. The summed E-state index contributed by atoms with van der Waals surface area (Å²) in [4.78, 5) is 4.10. The average molecular weight is 211 g/mol. The minimum atomic E-state index is -0.770. The number of nitrogen functional groups attached to an aromatic ring is 1. The molecule has 1 aromatic heterocycles. The second-order valence-electron chi connectivity index (χ2n) is 3.94. The fraction of sp³-hybridized carbons (Fsp3) is 0.500. The molecule has 0 aliphatic rings. The van der Waals surface area contributed by atoms with Gasteiger partial charge in [0.1, 0.15) is 5.82 Å². The van der Waals surface area contributed by atoms with Gasteiger partial charge in [0.05, 0.1) is 30.6 Å². The van der Waals surface area contributed by atoms with Gasteiger partial charge in [0, 0.05) is 0 Å². The predicted molar refractivity (Wildman–Crippen MR) is 59.6 cm³/mol. The summed E-state index contributed by atoms with van der Waals surface area (Å²) < 4.78 is 0. The van der Waals surface area contributed by atoms with Crippen LogP contribution in [-0.2, 0) is 0 Å². The maximum Gasteiger partial charge on any atom is 0.129 e. The maximum absolute atomic E-state index is 9.12. The summed E-state index contributed by atoms with van der Waals surface area (Å²) in [5, 5.41) is 21.2. The molecular weight excluding hydrogens is 194 g/mol. The zero-order valence-corrected chi connectivity index (χ0v) is 8.99. The SMILES string of the molecule is Cc1cc(N)cnc1NC(C)(CO)CO. The Hall–Kier alpha value is -1.33. The van der Waals surface area contributed by atoms with Gasteiger partial charge in [-0.15, -0.1) is 0 Å². The van der Waals surface area contributed by atoms with E-state index < -0.39 is 5.54 Å². The molecule has 1 heterocycles. The predicted octanol–water partition coefficient (Wildman–Crippen LogP) is 0.127. The first-order chi connectivity index (χ1) is 7.00. The molecule has 5 nitrogen and oxygen atoms in total. The normalized spacial score (nSPS) is 11.5. The molecule has 0 radical (unpaired) electrons. The van der Waals surface area contributed by atoms with Crippen molar-refractivity contribution in [1.29, 1.82) is 0 Å². The molecule has 0 aliphatic carbocycles. The first-order valence-corrected chi connectivity index (χ1v) is 4.73. The largest absolute Gasteiger partial charge is 0.397 e. The van der Waals surface area contributed by atoms with Gasteiger partial charge < -0.3 is 21.3 Å². The van der Waals surface area contributed by atoms with E-state index in [2.05, 4.69) is 10.3 Å². The van der Waals surface area contributed by atoms with Crippen molar-refractivity contribution in [3.8, 4) is 0 Å². The van der Waals surface area contributed by atoms with Crippen LogP contribution in [0.15, 0.2) is 12.3 Å². The molecule has 0 amide bonds. The van der Waals surface area contributed by atoms with Crippen molar-refractivity contribution in [1.82, 2.24) is 4.98 Å². The molecule has 0 bridgehead atoms. The number of aryl methyl sites for hydroxylation is 1. The Morgan fingerprint density at radius 1 is 1.47 bits per heavy atom. The average Bonchev–Trinajstić information content (AvgIpc) is 2.22. The number of nitrogens with one attached hydrogen (secondary N) is 1. The number of aliphatic hydroxyl groups is 2. The number of rotatable bonds is 4. The number of aliphatic hydroxyl groups excluding tert-OH is 2. The Labute approximate surface area is 89.0 Å². The summed E-state index contributed by atoms with van der Waals surface area (Å²) in [6.07, 6.45) is 1.53. The lowest BCUT2D eigenvalue weighted by Gasteiger charge is -2.27. The van der Waals surface area contributed by atoms with E-state index in [-0.39, 0.29) is 13.2 Å². The number of hydrogen-bond acceptors (Lipinski definition) is 5. The molecule has 0 spiro atoms. The molecular formula is C10H17N3O2. The third-order valence-corrected chi connectivity index (χ3v) is 2.22. The van der Waals surface area contributed by atoms with Crippen LogP contribution < -0.4 is 11.1 Å². The van der Waals surface area contributed by atoms with Gasteiger partial charge in [-0.3, -0.25) is 0 Å². The van der Waals surface area contributed by atoms with Gasteiger partial charge in [-0.25, -0.2) is 4.98 Å². The second kappa shape index (κ2) is 4.46. The van der Waals surface area contributed by atoms with Gasteiger partial charge in [-0.05, 0) is 25.5 Å². The number of anilines is 2. The van der Waals surface area contributed by atoms with Crippen molar-refractivity contribution in [2.45, 2.75) is 19.4 Å². The van der Waals surface area contributed by atoms with E-state index in [4.69, 9.17) is 15.9 Å². The minimum absolute atomic E-state index is 0.172. The van der Waals surface area contributed by atoms with Crippen molar-refractivity contribution in [3.05, 3.63) is 17.8 Å². The van der Waals surface area contributed by atoms with Crippen LogP contribution in [0.4, 0.5) is 11.5 Å². The Morgan fingerprint density at radius 2 is 2.07 bits per heavy atom. The van der Waals surface area contributed by atoms with Gasteiger partial charge in [0.15, 0.2) is 0 Å². The van der Waals surface area contributed by atoms with Crippen LogP contribution in [0.1, 0.15) is 12.5 Å². The molecule has 0 aromatic carbocycles. The van der Waals surface area contributed by atoms with E-state index in [1.54, 1.807) is 13.0 Å². The third kappa shape index (κ3) is 2.81. The number of aromatic nitrogens is 1. The van der Waals surface area contributed by atoms with Gasteiger partial charge >= 0.3 is 0 Å². The van der Waals surface area contributed by atoms with Crippen LogP contribution in [-0.4, -0.2) is 33.9 Å². The van der Waals surface area contributed by atoms with E-state index in [1.807, 2.05) is 6.92 Å². The number of nitrogens with two attached hydrogens (primary N) is 1. The first kappa shape index (κ1) is 11.7. The molecule has 0 fully saturated rings. The maximum atomic E-state index is 9.12. The van der Waals surface area contributed by atoms with E-state index >= 15 is 0 Å². The molecule has 0 unspecified atom stereocenters. The highest BCUT2D eigenvalue weighted by Gasteiger charge is 2.22. The lowest BCUT2D eigenvalue weighted by Crippen LogP contribution is -2.43. The van der Waals surface area contributed by atoms with E-state index in [0.29, 0.717) is 11.5 Å². The van der Waals surface area contributed by atoms with Gasteiger partial charge in [0.2, 0.25) is 0 Å². The highest BCUT2D eigenvalue weighted by atomic mass is 16.3. The van der Waals surface area contributed by atoms with E-state index in [1.165, 1.54) is 6.20 Å². The topological polar surface area (TPSA) is 91.4 Å². The molecule has 1 rings (SSSR count). The van der Waals surface area contributed by atoms with Crippen molar-refractivity contribution in [3.63, 3.8) is 0 Å². The molecule has 1 aromatic rings. The third-order valence-electron chi connectivity index (χ3n) is 2.22. The number of pyridine rings is 1. The molecule has 15 heavy (non-hydrogen) atoms. The monoisotopic (exact) mass is 211 g/mol. The number of hydrogen-bond donors (Lipinski definition) is 4. The van der Waals surface area contributed by atoms with E-state index in [9.17, 15) is 0 Å². The fourth-order valence-corrected chi connectivity index (χ4v) is 1.14. The van der Waals surface area contributed by atoms with Crippen molar-refractivity contribution >= 4 is 11.5 Å². The molecule has 0 saturated heterocycles. The van der Waals surface area contributed by atoms with Gasteiger partial charge in [-0.1, -0.05) is 0 Å². The van der Waals surface area contributed by atoms with Gasteiger partial charge in [0.25, 0.3) is 0 Å². The summed E-state index contributed by atoms with van der Waals surface area (Å²) in [7, 11) is 0. The summed E-state index contributed by atoms with van der Waals surface area (Å²) in [5.41, 5.74) is 6.27. The molecule has 5 N–H and O–H groups in total. The highest BCUT2D eigenvalue weighted by Crippen LogP contribution is 2.18. The molecule has 0 atom stereocenters. The Bertz CT molecular complexity index is 337. The zero-order valence-electron chi connectivity index (χ0n) is 8.99. The summed E-state index contributed by atoms with van der Waals surface area (Å²) in [6, 6.07) is 1.78. The lowest BCUT2D eigenvalue weighted by atomic mass is 10.1. The van der Waals surface area contributed by atoms with Crippen molar-refractivity contribution in [2.24, 2.45) is 0 Å². The van der Waals surface area contributed by atoms with Crippen LogP contribution in [0.25, 0.3) is 0 Å². The smallest absolute Gasteiger partial charge is 0.129 e. The Morgan fingerprint density at radius 3 is 2.53 bits per heavy atom. The lowest BCUT2D eigenvalue weighted by molar-refractivity contribution is 0.147. The first-order valence-electron chi connectivity index (χ1n) is 4.73. The second-order valence-corrected chi connectivity index (χ2v) is 3.94. The standard InChI is InChI=1S/C10H17N3O2/c1-7-3-8(11)4-12-9(7)13-10(2,5-14)6-15/h3-4,14-15H,5-6,11H2,1-2H3,(H,12,13). The molecule has 5 heteroatoms. The molecule has 0 saturated carbocycles. The Kier molecular flexibility index (Phi) is 3.49. The summed E-state index contributed by atoms with van der Waals surface area (Å²) in [5.74, 6) is 0.620. The minimum Gasteiger partial charge on any atom is -0.397 e. The van der Waals surface area contributed by atoms with Crippen LogP contribution >= 0.6 is 0 Å². The number of nitrogens with zero attached hydrogens (tertiary/aromatic N) is 1. The highest BCUT2D eigenvalue weighted by molar-refractivity contribution is 5.52. The van der Waals surface area contributed by atoms with Crippen LogP contribution in [0.2, 0.25) is 0 Å². The molecule has 0 aliphatic heterocycles. The quantitative estimate of drug-likeness (QED) is 0.568. The van der Waals surface area contributed by atoms with E-state index in [0.717, 1.165) is 5.56 Å². The van der Waals surface area contributed by atoms with Crippen LogP contribution in [0.5, 0.6) is 0 Å². The Balaban J connectivity index is 2.89.